The number of hydrogen-bond acceptors (Lipinski definition) is 4. The lowest BCUT2D eigenvalue weighted by atomic mass is 10.2. The van der Waals surface area contributed by atoms with E-state index in [9.17, 15) is 4.79 Å². The molecule has 4 nitrogen and oxygen atoms in total. The highest BCUT2D eigenvalue weighted by molar-refractivity contribution is 7.21. The molecule has 0 saturated carbocycles. The molecule has 0 saturated heterocycles. The Morgan fingerprint density at radius 3 is 2.83 bits per heavy atom. The van der Waals surface area contributed by atoms with Crippen molar-refractivity contribution >= 4 is 33.1 Å². The van der Waals surface area contributed by atoms with Gasteiger partial charge in [-0.1, -0.05) is 24.3 Å². The van der Waals surface area contributed by atoms with E-state index in [-0.39, 0.29) is 5.91 Å². The number of para-hydroxylation sites is 1. The van der Waals surface area contributed by atoms with Crippen LogP contribution < -0.4 is 5.32 Å². The Kier molecular flexibility index (Phi) is 3.40. The quantitative estimate of drug-likeness (QED) is 0.589. The number of aromatic nitrogens is 1. The number of rotatable bonds is 3. The van der Waals surface area contributed by atoms with Gasteiger partial charge in [0.05, 0.1) is 22.0 Å². The van der Waals surface area contributed by atoms with E-state index >= 15 is 0 Å². The van der Waals surface area contributed by atoms with Crippen molar-refractivity contribution in [3.63, 3.8) is 0 Å². The number of thiazole rings is 1. The number of furan rings is 1. The second kappa shape index (κ2) is 5.70. The molecule has 0 unspecified atom stereocenters. The molecule has 112 valence electrons. The lowest BCUT2D eigenvalue weighted by Gasteiger charge is -2.05. The van der Waals surface area contributed by atoms with E-state index < -0.39 is 0 Å². The fourth-order valence-corrected chi connectivity index (χ4v) is 3.28. The van der Waals surface area contributed by atoms with Crippen molar-refractivity contribution in [2.75, 3.05) is 5.32 Å². The zero-order chi connectivity index (χ0) is 15.6. The van der Waals surface area contributed by atoms with Gasteiger partial charge in [-0.15, -0.1) is 11.3 Å². The van der Waals surface area contributed by atoms with Gasteiger partial charge in [0.25, 0.3) is 5.91 Å². The molecule has 1 N–H and O–H groups in total. The zero-order valence-corrected chi connectivity index (χ0v) is 12.8. The van der Waals surface area contributed by atoms with Crippen LogP contribution in [0.4, 0.5) is 5.69 Å². The molecule has 1 amide bonds. The summed E-state index contributed by atoms with van der Waals surface area (Å²) < 4.78 is 6.08. The van der Waals surface area contributed by atoms with Crippen LogP contribution in [0, 0.1) is 0 Å². The third-order valence-corrected chi connectivity index (χ3v) is 4.53. The van der Waals surface area contributed by atoms with Crippen molar-refractivity contribution in [2.24, 2.45) is 0 Å². The van der Waals surface area contributed by atoms with Gasteiger partial charge in [0.15, 0.2) is 0 Å². The van der Waals surface area contributed by atoms with Crippen LogP contribution >= 0.6 is 11.3 Å². The number of anilines is 1. The molecule has 0 radical (unpaired) electrons. The van der Waals surface area contributed by atoms with E-state index in [0.29, 0.717) is 5.56 Å². The lowest BCUT2D eigenvalue weighted by molar-refractivity contribution is 0.102. The third kappa shape index (κ3) is 2.74. The van der Waals surface area contributed by atoms with Crippen molar-refractivity contribution in [2.45, 2.75) is 0 Å². The molecule has 2 heterocycles. The van der Waals surface area contributed by atoms with E-state index in [2.05, 4.69) is 16.4 Å². The van der Waals surface area contributed by atoms with Gasteiger partial charge in [0.2, 0.25) is 0 Å². The average molecular weight is 320 g/mol. The number of amides is 1. The topological polar surface area (TPSA) is 55.1 Å². The Balaban J connectivity index is 1.64. The summed E-state index contributed by atoms with van der Waals surface area (Å²) >= 11 is 1.64. The molecular formula is C18H12N2O2S. The van der Waals surface area contributed by atoms with Crippen LogP contribution in [-0.2, 0) is 0 Å². The molecule has 23 heavy (non-hydrogen) atoms. The van der Waals surface area contributed by atoms with Crippen LogP contribution in [0.2, 0.25) is 0 Å². The largest absolute Gasteiger partial charge is 0.472 e. The molecule has 0 spiro atoms. The van der Waals surface area contributed by atoms with Crippen molar-refractivity contribution in [1.82, 2.24) is 4.98 Å². The summed E-state index contributed by atoms with van der Waals surface area (Å²) in [6.45, 7) is 0. The molecule has 2 aromatic heterocycles. The van der Waals surface area contributed by atoms with Crippen LogP contribution in [0.25, 0.3) is 20.8 Å². The van der Waals surface area contributed by atoms with Gasteiger partial charge in [-0.05, 0) is 30.3 Å². The molecule has 0 fully saturated rings. The number of carbonyl (C=O) groups excluding carboxylic acids is 1. The Morgan fingerprint density at radius 1 is 1.09 bits per heavy atom. The maximum atomic E-state index is 12.1. The standard InChI is InChI=1S/C18H12N2O2S/c21-17(13-8-9-22-11-13)19-14-5-3-4-12(10-14)18-20-15-6-1-2-7-16(15)23-18/h1-11H,(H,19,21). The third-order valence-electron chi connectivity index (χ3n) is 3.44. The monoisotopic (exact) mass is 320 g/mol. The summed E-state index contributed by atoms with van der Waals surface area (Å²) in [4.78, 5) is 16.7. The van der Waals surface area contributed by atoms with Crippen molar-refractivity contribution < 1.29 is 9.21 Å². The predicted octanol–water partition coefficient (Wildman–Crippen LogP) is 4.81. The smallest absolute Gasteiger partial charge is 0.258 e. The Hall–Kier alpha value is -2.92. The number of benzene rings is 2. The van der Waals surface area contributed by atoms with Crippen LogP contribution in [0.15, 0.2) is 71.5 Å². The summed E-state index contributed by atoms with van der Waals surface area (Å²) in [5.41, 5.74) is 3.19. The van der Waals surface area contributed by atoms with Crippen molar-refractivity contribution in [3.05, 3.63) is 72.7 Å². The first kappa shape index (κ1) is 13.7. The first-order chi connectivity index (χ1) is 11.3. The van der Waals surface area contributed by atoms with E-state index in [0.717, 1.165) is 26.5 Å². The Bertz CT molecular complexity index is 941. The van der Waals surface area contributed by atoms with Crippen molar-refractivity contribution in [3.8, 4) is 10.6 Å². The van der Waals surface area contributed by atoms with Crippen LogP contribution in [0.5, 0.6) is 0 Å². The summed E-state index contributed by atoms with van der Waals surface area (Å²) in [7, 11) is 0. The van der Waals surface area contributed by atoms with Gasteiger partial charge in [-0.3, -0.25) is 4.79 Å². The highest BCUT2D eigenvalue weighted by Crippen LogP contribution is 2.31. The number of fused-ring (bicyclic) bond motifs is 1. The molecule has 0 aliphatic rings. The zero-order valence-electron chi connectivity index (χ0n) is 12.0. The van der Waals surface area contributed by atoms with E-state index in [4.69, 9.17) is 4.42 Å². The predicted molar refractivity (Wildman–Crippen MR) is 91.7 cm³/mol. The molecule has 4 rings (SSSR count). The van der Waals surface area contributed by atoms with Gasteiger partial charge < -0.3 is 9.73 Å². The van der Waals surface area contributed by atoms with Crippen LogP contribution in [-0.4, -0.2) is 10.9 Å². The minimum Gasteiger partial charge on any atom is -0.472 e. The minimum atomic E-state index is -0.194. The maximum absolute atomic E-state index is 12.1. The molecule has 4 aromatic rings. The maximum Gasteiger partial charge on any atom is 0.258 e. The Morgan fingerprint density at radius 2 is 2.00 bits per heavy atom. The van der Waals surface area contributed by atoms with Crippen LogP contribution in [0.3, 0.4) is 0 Å². The fourth-order valence-electron chi connectivity index (χ4n) is 2.32. The minimum absolute atomic E-state index is 0.194. The first-order valence-corrected chi connectivity index (χ1v) is 7.91. The second-order valence-electron chi connectivity index (χ2n) is 5.03. The van der Waals surface area contributed by atoms with Gasteiger partial charge in [0, 0.05) is 11.3 Å². The lowest BCUT2D eigenvalue weighted by Crippen LogP contribution is -2.10. The average Bonchev–Trinajstić information content (AvgIpc) is 3.24. The molecule has 0 aliphatic carbocycles. The summed E-state index contributed by atoms with van der Waals surface area (Å²) in [5, 5.41) is 3.80. The van der Waals surface area contributed by atoms with Crippen molar-refractivity contribution in [1.29, 1.82) is 0 Å². The van der Waals surface area contributed by atoms with Gasteiger partial charge in [-0.25, -0.2) is 4.98 Å². The fraction of sp³-hybridized carbons (Fsp3) is 0. The molecule has 5 heteroatoms. The van der Waals surface area contributed by atoms with E-state index in [1.54, 1.807) is 17.4 Å². The molecule has 2 aromatic carbocycles. The second-order valence-corrected chi connectivity index (χ2v) is 6.06. The number of carbonyl (C=O) groups is 1. The Labute approximate surface area is 136 Å². The van der Waals surface area contributed by atoms with Crippen LogP contribution in [0.1, 0.15) is 10.4 Å². The first-order valence-electron chi connectivity index (χ1n) is 7.09. The molecule has 0 atom stereocenters. The van der Waals surface area contributed by atoms with Gasteiger partial charge >= 0.3 is 0 Å². The highest BCUT2D eigenvalue weighted by atomic mass is 32.1. The number of nitrogens with zero attached hydrogens (tertiary/aromatic N) is 1. The SMILES string of the molecule is O=C(Nc1cccc(-c2nc3ccccc3s2)c1)c1ccoc1. The molecule has 0 aliphatic heterocycles. The van der Waals surface area contributed by atoms with E-state index in [1.807, 2.05) is 42.5 Å². The number of hydrogen-bond donors (Lipinski definition) is 1. The normalized spacial score (nSPS) is 10.8. The molecule has 0 bridgehead atoms. The van der Waals surface area contributed by atoms with Gasteiger partial charge in [0.1, 0.15) is 11.3 Å². The summed E-state index contributed by atoms with van der Waals surface area (Å²) in [6, 6.07) is 17.4. The van der Waals surface area contributed by atoms with Gasteiger partial charge in [-0.2, -0.15) is 0 Å². The number of nitrogens with one attached hydrogen (secondary N) is 1. The van der Waals surface area contributed by atoms with E-state index in [1.165, 1.54) is 12.5 Å². The highest BCUT2D eigenvalue weighted by Gasteiger charge is 2.09. The molecular weight excluding hydrogens is 308 g/mol. The summed E-state index contributed by atoms with van der Waals surface area (Å²) in [6.07, 6.45) is 2.90. The summed E-state index contributed by atoms with van der Waals surface area (Å²) in [5.74, 6) is -0.194.